The zero-order chi connectivity index (χ0) is 28.4. The normalized spacial score (nSPS) is 15.6. The molecule has 9 nitrogen and oxygen atoms in total. The maximum atomic E-state index is 14.1. The number of hydrogen-bond donors (Lipinski definition) is 4. The number of ether oxygens (including phenoxy) is 1. The Hall–Kier alpha value is -3.59. The molecule has 9 heteroatoms. The van der Waals surface area contributed by atoms with Crippen LogP contribution in [0, 0.1) is 0 Å². The Morgan fingerprint density at radius 2 is 1.64 bits per heavy atom. The fraction of sp³-hybridized carbons (Fsp3) is 0.500. The van der Waals surface area contributed by atoms with Gasteiger partial charge in [-0.3, -0.25) is 9.59 Å². The first-order valence-electron chi connectivity index (χ1n) is 13.6. The Morgan fingerprint density at radius 3 is 2.23 bits per heavy atom. The molecule has 3 rings (SSSR count). The lowest BCUT2D eigenvalue weighted by Gasteiger charge is -2.35. The molecule has 0 aliphatic heterocycles. The number of aliphatic hydroxyl groups is 1. The van der Waals surface area contributed by atoms with Gasteiger partial charge in [-0.2, -0.15) is 0 Å². The fourth-order valence-corrected chi connectivity index (χ4v) is 4.83. The topological polar surface area (TPSA) is 128 Å². The predicted molar refractivity (Wildman–Crippen MR) is 148 cm³/mol. The maximum absolute atomic E-state index is 14.1. The summed E-state index contributed by atoms with van der Waals surface area (Å²) in [7, 11) is 0. The molecule has 2 atom stereocenters. The average molecular weight is 540 g/mol. The van der Waals surface area contributed by atoms with Crippen LogP contribution in [0.4, 0.5) is 4.79 Å². The van der Waals surface area contributed by atoms with Gasteiger partial charge in [0.2, 0.25) is 11.8 Å². The quantitative estimate of drug-likeness (QED) is 0.363. The van der Waals surface area contributed by atoms with Crippen molar-refractivity contribution in [1.82, 2.24) is 15.5 Å². The number of carbonyl (C=O) groups excluding carboxylic acids is 3. The summed E-state index contributed by atoms with van der Waals surface area (Å²) in [6.45, 7) is 4.67. The lowest BCUT2D eigenvalue weighted by molar-refractivity contribution is -0.143. The van der Waals surface area contributed by atoms with Crippen LogP contribution in [-0.4, -0.2) is 63.9 Å². The fourth-order valence-electron chi connectivity index (χ4n) is 4.83. The smallest absolute Gasteiger partial charge is 0.408 e. The standard InChI is InChI=1S/C30H41N3O6/c1-30(2,3)39-29(38)32-25(20-21-10-6-4-7-11-21)28(37)33(18-19-34)26(22-14-16-24(35)17-15-22)27(36)31-23-12-8-5-9-13-23/h4,6-7,10-11,14-17,23,25-26,34-35H,5,8-9,12-13,18-20H2,1-3H3,(H,31,36)(H,32,38). The van der Waals surface area contributed by atoms with Gasteiger partial charge in [0.15, 0.2) is 0 Å². The molecule has 2 aromatic carbocycles. The molecule has 2 aromatic rings. The zero-order valence-corrected chi connectivity index (χ0v) is 23.1. The minimum atomic E-state index is -1.08. The van der Waals surface area contributed by atoms with Crippen LogP contribution in [-0.2, 0) is 20.7 Å². The number of phenolic OH excluding ortho intramolecular Hbond substituents is 1. The van der Waals surface area contributed by atoms with E-state index in [1.807, 2.05) is 30.3 Å². The first-order valence-corrected chi connectivity index (χ1v) is 13.6. The third kappa shape index (κ3) is 9.28. The van der Waals surface area contributed by atoms with Gasteiger partial charge in [0.25, 0.3) is 0 Å². The molecule has 1 aliphatic carbocycles. The number of benzene rings is 2. The van der Waals surface area contributed by atoms with E-state index in [0.717, 1.165) is 37.7 Å². The third-order valence-corrected chi connectivity index (χ3v) is 6.62. The van der Waals surface area contributed by atoms with Crippen LogP contribution >= 0.6 is 0 Å². The summed E-state index contributed by atoms with van der Waals surface area (Å²) >= 11 is 0. The number of nitrogens with zero attached hydrogens (tertiary/aromatic N) is 1. The van der Waals surface area contributed by atoms with E-state index in [4.69, 9.17) is 4.74 Å². The molecule has 1 saturated carbocycles. The van der Waals surface area contributed by atoms with Gasteiger partial charge >= 0.3 is 6.09 Å². The number of alkyl carbamates (subject to hydrolysis) is 1. The van der Waals surface area contributed by atoms with Crippen LogP contribution in [0.1, 0.15) is 70.0 Å². The number of carbonyl (C=O) groups is 3. The Kier molecular flexibility index (Phi) is 10.7. The van der Waals surface area contributed by atoms with E-state index in [2.05, 4.69) is 10.6 Å². The number of nitrogens with one attached hydrogen (secondary N) is 2. The molecule has 0 aromatic heterocycles. The number of rotatable bonds is 10. The Balaban J connectivity index is 1.96. The van der Waals surface area contributed by atoms with Gasteiger partial charge in [0.05, 0.1) is 6.61 Å². The van der Waals surface area contributed by atoms with Crippen molar-refractivity contribution < 1.29 is 29.3 Å². The van der Waals surface area contributed by atoms with Crippen molar-refractivity contribution in [3.05, 3.63) is 65.7 Å². The maximum Gasteiger partial charge on any atom is 0.408 e. The molecule has 0 spiro atoms. The summed E-state index contributed by atoms with van der Waals surface area (Å²) in [5, 5.41) is 25.6. The molecule has 1 fully saturated rings. The molecule has 0 saturated heterocycles. The predicted octanol–water partition coefficient (Wildman–Crippen LogP) is 3.84. The molecule has 39 heavy (non-hydrogen) atoms. The summed E-state index contributed by atoms with van der Waals surface area (Å²) in [4.78, 5) is 41.9. The van der Waals surface area contributed by atoms with Crippen LogP contribution in [0.2, 0.25) is 0 Å². The lowest BCUT2D eigenvalue weighted by atomic mass is 9.94. The van der Waals surface area contributed by atoms with Gasteiger partial charge in [-0.15, -0.1) is 0 Å². The van der Waals surface area contributed by atoms with Crippen molar-refractivity contribution in [2.75, 3.05) is 13.2 Å². The summed E-state index contributed by atoms with van der Waals surface area (Å²) < 4.78 is 5.42. The van der Waals surface area contributed by atoms with Gasteiger partial charge in [-0.1, -0.05) is 61.7 Å². The summed E-state index contributed by atoms with van der Waals surface area (Å²) in [6, 6.07) is 13.2. The van der Waals surface area contributed by atoms with Crippen LogP contribution in [0.3, 0.4) is 0 Å². The summed E-state index contributed by atoms with van der Waals surface area (Å²) in [6.07, 6.45) is 4.29. The second-order valence-electron chi connectivity index (χ2n) is 11.0. The first-order chi connectivity index (χ1) is 18.6. The number of aromatic hydroxyl groups is 1. The van der Waals surface area contributed by atoms with Crippen LogP contribution < -0.4 is 10.6 Å². The minimum Gasteiger partial charge on any atom is -0.508 e. The zero-order valence-electron chi connectivity index (χ0n) is 23.1. The van der Waals surface area contributed by atoms with E-state index in [-0.39, 0.29) is 37.3 Å². The van der Waals surface area contributed by atoms with E-state index in [1.165, 1.54) is 17.0 Å². The lowest BCUT2D eigenvalue weighted by Crippen LogP contribution is -2.55. The number of amides is 3. The van der Waals surface area contributed by atoms with E-state index in [1.54, 1.807) is 32.9 Å². The second-order valence-corrected chi connectivity index (χ2v) is 11.0. The van der Waals surface area contributed by atoms with Gasteiger partial charge in [-0.05, 0) is 56.9 Å². The molecule has 0 radical (unpaired) electrons. The SMILES string of the molecule is CC(C)(C)OC(=O)NC(Cc1ccccc1)C(=O)N(CCO)C(C(=O)NC1CCCCC1)c1ccc(O)cc1. The number of aliphatic hydroxyl groups excluding tert-OH is 1. The van der Waals surface area contributed by atoms with Crippen molar-refractivity contribution in [2.45, 2.75) is 83.0 Å². The number of phenols is 1. The second kappa shape index (κ2) is 14.0. The van der Waals surface area contributed by atoms with Gasteiger partial charge in [0, 0.05) is 19.0 Å². The van der Waals surface area contributed by atoms with Gasteiger partial charge in [-0.25, -0.2) is 4.79 Å². The highest BCUT2D eigenvalue weighted by molar-refractivity contribution is 5.92. The van der Waals surface area contributed by atoms with Gasteiger partial charge in [0.1, 0.15) is 23.4 Å². The number of hydrogen-bond acceptors (Lipinski definition) is 6. The van der Waals surface area contributed by atoms with E-state index in [9.17, 15) is 24.6 Å². The minimum absolute atomic E-state index is 0.00283. The van der Waals surface area contributed by atoms with E-state index < -0.39 is 29.7 Å². The van der Waals surface area contributed by atoms with Crippen molar-refractivity contribution in [1.29, 1.82) is 0 Å². The Morgan fingerprint density at radius 1 is 1.00 bits per heavy atom. The monoisotopic (exact) mass is 539 g/mol. The molecule has 0 heterocycles. The van der Waals surface area contributed by atoms with Crippen molar-refractivity contribution in [3.63, 3.8) is 0 Å². The van der Waals surface area contributed by atoms with E-state index >= 15 is 0 Å². The highest BCUT2D eigenvalue weighted by atomic mass is 16.6. The molecule has 2 unspecified atom stereocenters. The van der Waals surface area contributed by atoms with Crippen molar-refractivity contribution in [3.8, 4) is 5.75 Å². The van der Waals surface area contributed by atoms with E-state index in [0.29, 0.717) is 5.56 Å². The van der Waals surface area contributed by atoms with Crippen LogP contribution in [0.25, 0.3) is 0 Å². The molecule has 1 aliphatic rings. The average Bonchev–Trinajstić information content (AvgIpc) is 2.89. The van der Waals surface area contributed by atoms with Gasteiger partial charge < -0.3 is 30.5 Å². The highest BCUT2D eigenvalue weighted by Gasteiger charge is 2.37. The summed E-state index contributed by atoms with van der Waals surface area (Å²) in [5.41, 5.74) is 0.520. The molecular formula is C30H41N3O6. The first kappa shape index (κ1) is 30.0. The van der Waals surface area contributed by atoms with Crippen LogP contribution in [0.15, 0.2) is 54.6 Å². The Labute approximate surface area is 230 Å². The largest absolute Gasteiger partial charge is 0.508 e. The molecule has 3 amide bonds. The molecule has 4 N–H and O–H groups in total. The summed E-state index contributed by atoms with van der Waals surface area (Å²) in [5.74, 6) is -0.875. The molecule has 0 bridgehead atoms. The molecule has 212 valence electrons. The third-order valence-electron chi connectivity index (χ3n) is 6.62. The Bertz CT molecular complexity index is 1080. The van der Waals surface area contributed by atoms with Crippen LogP contribution in [0.5, 0.6) is 5.75 Å². The van der Waals surface area contributed by atoms with Crippen molar-refractivity contribution >= 4 is 17.9 Å². The molecular weight excluding hydrogens is 498 g/mol. The highest BCUT2D eigenvalue weighted by Crippen LogP contribution is 2.26. The van der Waals surface area contributed by atoms with Crippen molar-refractivity contribution in [2.24, 2.45) is 0 Å².